The van der Waals surface area contributed by atoms with Crippen molar-refractivity contribution in [1.29, 1.82) is 0 Å². The smallest absolute Gasteiger partial charge is 0.323 e. The normalized spacial score (nSPS) is 33.9. The number of ether oxygens (including phenoxy) is 3. The van der Waals surface area contributed by atoms with E-state index in [2.05, 4.69) is 33.1 Å². The van der Waals surface area contributed by atoms with Crippen LogP contribution in [-0.4, -0.2) is 77.1 Å². The summed E-state index contributed by atoms with van der Waals surface area (Å²) in [7, 11) is -2.22. The first-order chi connectivity index (χ1) is 24.4. The fraction of sp³-hybridized carbons (Fsp3) is 0.590. The second kappa shape index (κ2) is 14.4. The number of rotatable bonds is 5. The second-order valence-electron chi connectivity index (χ2n) is 15.4. The van der Waals surface area contributed by atoms with Crippen molar-refractivity contribution in [1.82, 2.24) is 10.0 Å². The van der Waals surface area contributed by atoms with E-state index in [1.165, 1.54) is 11.1 Å². The number of hydrogen-bond acceptors (Lipinski definition) is 9. The van der Waals surface area contributed by atoms with E-state index < -0.39 is 26.8 Å². The Morgan fingerprint density at radius 2 is 1.94 bits per heavy atom. The molecular weight excluding hydrogens is 690 g/mol. The maximum Gasteiger partial charge on any atom is 0.323 e. The molecule has 1 saturated heterocycles. The number of halogens is 1. The molecule has 0 aromatic heterocycles. The first-order valence-corrected chi connectivity index (χ1v) is 20.4. The Labute approximate surface area is 306 Å². The van der Waals surface area contributed by atoms with Crippen molar-refractivity contribution in [2.24, 2.45) is 17.8 Å². The number of esters is 1. The Balaban J connectivity index is 1.28. The highest BCUT2D eigenvalue weighted by Crippen LogP contribution is 2.50. The molecule has 5 aliphatic rings. The van der Waals surface area contributed by atoms with Crippen LogP contribution in [-0.2, 0) is 36.1 Å². The van der Waals surface area contributed by atoms with Crippen molar-refractivity contribution in [3.63, 3.8) is 0 Å². The van der Waals surface area contributed by atoms with Gasteiger partial charge in [0, 0.05) is 42.6 Å². The number of nitrogens with one attached hydrogen (secondary N) is 2. The van der Waals surface area contributed by atoms with Crippen LogP contribution in [0.5, 0.6) is 5.75 Å². The van der Waals surface area contributed by atoms with Crippen molar-refractivity contribution in [3.05, 3.63) is 70.3 Å². The lowest BCUT2D eigenvalue weighted by atomic mass is 9.63. The molecule has 0 radical (unpaired) electrons. The summed E-state index contributed by atoms with van der Waals surface area (Å²) in [5.41, 5.74) is 2.63. The van der Waals surface area contributed by atoms with Gasteiger partial charge >= 0.3 is 5.97 Å². The summed E-state index contributed by atoms with van der Waals surface area (Å²) < 4.78 is 47.7. The Bertz CT molecular complexity index is 1800. The topological polar surface area (TPSA) is 123 Å². The highest BCUT2D eigenvalue weighted by molar-refractivity contribution is 7.90. The monoisotopic (exact) mass is 739 g/mol. The average molecular weight is 740 g/mol. The molecule has 2 aromatic carbocycles. The van der Waals surface area contributed by atoms with Gasteiger partial charge in [0.15, 0.2) is 0 Å². The first-order valence-electron chi connectivity index (χ1n) is 18.4. The van der Waals surface area contributed by atoms with E-state index in [1.807, 2.05) is 25.1 Å². The minimum Gasteiger partial charge on any atom is -0.490 e. The van der Waals surface area contributed by atoms with E-state index >= 15 is 0 Å². The largest absolute Gasteiger partial charge is 0.490 e. The van der Waals surface area contributed by atoms with E-state index in [0.717, 1.165) is 42.8 Å². The summed E-state index contributed by atoms with van der Waals surface area (Å²) in [6.45, 7) is 6.40. The van der Waals surface area contributed by atoms with Gasteiger partial charge in [-0.2, -0.15) is 0 Å². The van der Waals surface area contributed by atoms with Gasteiger partial charge in [0.25, 0.3) is 5.91 Å². The zero-order valence-electron chi connectivity index (χ0n) is 29.8. The predicted octanol–water partition coefficient (Wildman–Crippen LogP) is 5.56. The lowest BCUT2D eigenvalue weighted by Crippen LogP contribution is -2.54. The van der Waals surface area contributed by atoms with Crippen LogP contribution < -0.4 is 19.7 Å². The lowest BCUT2D eigenvalue weighted by molar-refractivity contribution is -0.139. The lowest BCUT2D eigenvalue weighted by Gasteiger charge is -2.51. The van der Waals surface area contributed by atoms with Crippen LogP contribution in [0.3, 0.4) is 0 Å². The first kappa shape index (κ1) is 36.2. The molecular formula is C39H50ClN3O7S. The molecule has 12 heteroatoms. The van der Waals surface area contributed by atoms with E-state index in [-0.39, 0.29) is 40.7 Å². The van der Waals surface area contributed by atoms with Gasteiger partial charge in [0.1, 0.15) is 11.8 Å². The quantitative estimate of drug-likeness (QED) is 0.300. The highest BCUT2D eigenvalue weighted by Gasteiger charge is 2.49. The Morgan fingerprint density at radius 3 is 2.69 bits per heavy atom. The number of nitrogens with zero attached hydrogens (tertiary/aromatic N) is 1. The number of aryl methyl sites for hydroxylation is 1. The van der Waals surface area contributed by atoms with Crippen LogP contribution in [0.4, 0.5) is 5.69 Å². The maximum atomic E-state index is 13.6. The Hall–Kier alpha value is -3.12. The second-order valence-corrected chi connectivity index (χ2v) is 17.9. The molecule has 0 unspecified atom stereocenters. The van der Waals surface area contributed by atoms with Crippen molar-refractivity contribution < 1.29 is 32.2 Å². The minimum atomic E-state index is -3.98. The van der Waals surface area contributed by atoms with Crippen molar-refractivity contribution in [3.8, 4) is 5.75 Å². The summed E-state index contributed by atoms with van der Waals surface area (Å²) in [4.78, 5) is 28.2. The number of sulfonamides is 1. The number of fused-ring (bicyclic) bond motifs is 4. The highest BCUT2D eigenvalue weighted by atomic mass is 35.5. The van der Waals surface area contributed by atoms with Crippen LogP contribution in [0.1, 0.15) is 80.3 Å². The van der Waals surface area contributed by atoms with Gasteiger partial charge < -0.3 is 24.4 Å². The number of amides is 1. The summed E-state index contributed by atoms with van der Waals surface area (Å²) in [6, 6.07) is 11.1. The van der Waals surface area contributed by atoms with Gasteiger partial charge in [-0.15, -0.1) is 0 Å². The fourth-order valence-corrected chi connectivity index (χ4v) is 10.5. The fourth-order valence-electron chi connectivity index (χ4n) is 9.07. The number of anilines is 1. The minimum absolute atomic E-state index is 0.174. The third kappa shape index (κ3) is 7.03. The van der Waals surface area contributed by atoms with Gasteiger partial charge in [-0.05, 0) is 118 Å². The van der Waals surface area contributed by atoms with Crippen LogP contribution in [0.15, 0.2) is 48.6 Å². The number of hydrogen-bond donors (Lipinski definition) is 2. The molecule has 2 bridgehead atoms. The molecule has 51 heavy (non-hydrogen) atoms. The van der Waals surface area contributed by atoms with Gasteiger partial charge in [-0.1, -0.05) is 36.7 Å². The molecule has 2 aromatic rings. The number of cyclic esters (lactones) is 1. The number of methoxy groups -OCH3 is 1. The third-order valence-electron chi connectivity index (χ3n) is 12.5. The zero-order chi connectivity index (χ0) is 36.0. The summed E-state index contributed by atoms with van der Waals surface area (Å²) in [5, 5.41) is 3.31. The SMILES string of the molecule is CO[C@@]1(CCN[C@@H]2CCOC2=O)/C=C/C[C@H](C)[C@@H](C)S(=O)(=O)NC(=O)c2ccc3c(c2)N(C[C@@H]2CC[C@H]21)C[C@@]1(CCCc2cc(Cl)ccc21)CO3. The molecule has 1 spiro atoms. The van der Waals surface area contributed by atoms with E-state index in [0.29, 0.717) is 57.9 Å². The van der Waals surface area contributed by atoms with Crippen LogP contribution >= 0.6 is 11.6 Å². The number of carbonyl (C=O) groups excluding carboxylic acids is 2. The van der Waals surface area contributed by atoms with Gasteiger partial charge in [0.2, 0.25) is 10.0 Å². The summed E-state index contributed by atoms with van der Waals surface area (Å²) >= 11 is 6.47. The van der Waals surface area contributed by atoms with E-state index in [4.69, 9.17) is 25.8 Å². The molecule has 3 aliphatic heterocycles. The number of carbonyl (C=O) groups is 2. The van der Waals surface area contributed by atoms with E-state index in [1.54, 1.807) is 26.2 Å². The summed E-state index contributed by atoms with van der Waals surface area (Å²) in [6.07, 6.45) is 10.9. The van der Waals surface area contributed by atoms with Crippen LogP contribution in [0.25, 0.3) is 0 Å². The molecule has 2 aliphatic carbocycles. The molecule has 1 saturated carbocycles. The van der Waals surface area contributed by atoms with Crippen molar-refractivity contribution >= 4 is 39.2 Å². The molecule has 2 N–H and O–H groups in total. The molecule has 3 heterocycles. The summed E-state index contributed by atoms with van der Waals surface area (Å²) in [5.74, 6) is -0.00333. The molecule has 1 amide bonds. The molecule has 10 nitrogen and oxygen atoms in total. The average Bonchev–Trinajstić information content (AvgIpc) is 3.44. The van der Waals surface area contributed by atoms with Crippen molar-refractivity contribution in [2.45, 2.75) is 87.5 Å². The predicted molar refractivity (Wildman–Crippen MR) is 197 cm³/mol. The number of allylic oxidation sites excluding steroid dienone is 1. The van der Waals surface area contributed by atoms with Crippen LogP contribution in [0.2, 0.25) is 5.02 Å². The molecule has 7 atom stereocenters. The standard InChI is InChI=1S/C39H50ClN3O7S/c1-25-6-4-16-39(48-3,17-18-41-33-14-19-49-37(33)45)32-11-8-29(32)22-43-23-38(15-5-7-27-20-30(40)10-12-31(27)38)24-50-35-13-9-28(21-34(35)43)36(44)42-51(46,47)26(25)2/h4,9-10,12-13,16,20-21,25-26,29,32-33,41H,5-8,11,14-15,17-19,22-24H2,1-3H3,(H,42,44)/b16-4+/t25-,26+,29-,32+,33+,38-,39+/m0/s1. The van der Waals surface area contributed by atoms with Gasteiger partial charge in [-0.25, -0.2) is 13.1 Å². The molecule has 2 fully saturated rings. The third-order valence-corrected chi connectivity index (χ3v) is 14.6. The number of benzene rings is 2. The zero-order valence-corrected chi connectivity index (χ0v) is 31.4. The van der Waals surface area contributed by atoms with Gasteiger partial charge in [0.05, 0.1) is 29.8 Å². The Morgan fingerprint density at radius 1 is 1.10 bits per heavy atom. The molecule has 276 valence electrons. The van der Waals surface area contributed by atoms with E-state index in [9.17, 15) is 18.0 Å². The van der Waals surface area contributed by atoms with Crippen molar-refractivity contribution in [2.75, 3.05) is 44.9 Å². The maximum absolute atomic E-state index is 13.6. The van der Waals surface area contributed by atoms with Gasteiger partial charge in [-0.3, -0.25) is 9.59 Å². The molecule has 7 rings (SSSR count). The Kier molecular flexibility index (Phi) is 10.2. The van der Waals surface area contributed by atoms with Crippen LogP contribution in [0, 0.1) is 17.8 Å².